The molecule has 0 bridgehead atoms. The molecule has 0 saturated heterocycles. The summed E-state index contributed by atoms with van der Waals surface area (Å²) >= 11 is 0. The van der Waals surface area contributed by atoms with Crippen LogP contribution in [0.2, 0.25) is 0 Å². The van der Waals surface area contributed by atoms with Gasteiger partial charge in [-0.05, 0) is 30.3 Å². The second-order valence-electron chi connectivity index (χ2n) is 4.33. The third-order valence-corrected chi connectivity index (χ3v) is 3.06. The highest BCUT2D eigenvalue weighted by Crippen LogP contribution is 2.15. The Morgan fingerprint density at radius 3 is 2.55 bits per heavy atom. The first-order chi connectivity index (χ1) is 9.75. The first kappa shape index (κ1) is 12.2. The summed E-state index contributed by atoms with van der Waals surface area (Å²) < 4.78 is 0. The fourth-order valence-electron chi connectivity index (χ4n) is 1.94. The molecule has 0 N–H and O–H groups in total. The number of rotatable bonds is 2. The van der Waals surface area contributed by atoms with Crippen molar-refractivity contribution < 1.29 is 4.79 Å². The molecule has 0 aromatic carbocycles. The molecule has 0 radical (unpaired) electrons. The zero-order valence-electron chi connectivity index (χ0n) is 10.9. The van der Waals surface area contributed by atoms with Crippen molar-refractivity contribution >= 4 is 22.5 Å². The van der Waals surface area contributed by atoms with Gasteiger partial charge in [0.25, 0.3) is 5.91 Å². The van der Waals surface area contributed by atoms with Crippen molar-refractivity contribution in [3.05, 3.63) is 60.8 Å². The van der Waals surface area contributed by atoms with E-state index < -0.39 is 0 Å². The molecule has 0 fully saturated rings. The van der Waals surface area contributed by atoms with Crippen molar-refractivity contribution in [3.8, 4) is 0 Å². The minimum absolute atomic E-state index is 0.157. The quantitative estimate of drug-likeness (QED) is 0.712. The van der Waals surface area contributed by atoms with Gasteiger partial charge in [-0.1, -0.05) is 0 Å². The fourth-order valence-corrected chi connectivity index (χ4v) is 1.94. The topological polar surface area (TPSA) is 59.0 Å². The predicted octanol–water partition coefficient (Wildman–Crippen LogP) is 2.30. The molecule has 3 aromatic rings. The van der Waals surface area contributed by atoms with Gasteiger partial charge in [-0.3, -0.25) is 14.8 Å². The van der Waals surface area contributed by atoms with E-state index in [4.69, 9.17) is 0 Å². The molecular weight excluding hydrogens is 252 g/mol. The van der Waals surface area contributed by atoms with E-state index >= 15 is 0 Å². The molecule has 0 saturated carbocycles. The molecule has 3 rings (SSSR count). The van der Waals surface area contributed by atoms with Gasteiger partial charge in [0.1, 0.15) is 5.69 Å². The second kappa shape index (κ2) is 5.05. The fraction of sp³-hybridized carbons (Fsp3) is 0.0667. The second-order valence-corrected chi connectivity index (χ2v) is 4.33. The highest BCUT2D eigenvalue weighted by Gasteiger charge is 2.15. The summed E-state index contributed by atoms with van der Waals surface area (Å²) in [4.78, 5) is 26.3. The number of hydrogen-bond donors (Lipinski definition) is 0. The predicted molar refractivity (Wildman–Crippen MR) is 76.5 cm³/mol. The summed E-state index contributed by atoms with van der Waals surface area (Å²) in [5.74, 6) is -0.157. The first-order valence-corrected chi connectivity index (χ1v) is 6.14. The van der Waals surface area contributed by atoms with E-state index in [0.29, 0.717) is 5.69 Å². The molecule has 3 heterocycles. The average molecular weight is 264 g/mol. The van der Waals surface area contributed by atoms with E-state index in [1.165, 1.54) is 0 Å². The molecule has 5 heteroatoms. The number of carbonyl (C=O) groups is 1. The smallest absolute Gasteiger partial charge is 0.276 e. The van der Waals surface area contributed by atoms with Crippen LogP contribution in [0.1, 0.15) is 10.5 Å². The normalized spacial score (nSPS) is 10.4. The summed E-state index contributed by atoms with van der Waals surface area (Å²) in [6.07, 6.45) is 6.69. The van der Waals surface area contributed by atoms with Crippen LogP contribution in [0, 0.1) is 0 Å². The standard InChI is InChI=1S/C15H12N4O/c1-19(12-4-7-16-8-5-12)15(20)14-3-2-11-10-17-9-6-13(11)18-14/h2-10H,1H3. The molecule has 0 aliphatic rings. The van der Waals surface area contributed by atoms with Crippen molar-refractivity contribution in [1.29, 1.82) is 0 Å². The summed E-state index contributed by atoms with van der Waals surface area (Å²) in [7, 11) is 1.72. The summed E-state index contributed by atoms with van der Waals surface area (Å²) in [5, 5.41) is 0.913. The number of hydrogen-bond acceptors (Lipinski definition) is 4. The summed E-state index contributed by atoms with van der Waals surface area (Å²) in [6, 6.07) is 8.91. The van der Waals surface area contributed by atoms with Crippen molar-refractivity contribution in [2.24, 2.45) is 0 Å². The Hall–Kier alpha value is -2.82. The van der Waals surface area contributed by atoms with Gasteiger partial charge in [-0.15, -0.1) is 0 Å². The molecule has 0 aliphatic heterocycles. The van der Waals surface area contributed by atoms with E-state index in [0.717, 1.165) is 16.6 Å². The van der Waals surface area contributed by atoms with Gasteiger partial charge in [0, 0.05) is 42.9 Å². The highest BCUT2D eigenvalue weighted by molar-refractivity contribution is 6.05. The van der Waals surface area contributed by atoms with Gasteiger partial charge in [0.2, 0.25) is 0 Å². The zero-order valence-corrected chi connectivity index (χ0v) is 10.9. The van der Waals surface area contributed by atoms with Gasteiger partial charge in [-0.2, -0.15) is 0 Å². The monoisotopic (exact) mass is 264 g/mol. The Kier molecular flexibility index (Phi) is 3.09. The van der Waals surface area contributed by atoms with Crippen LogP contribution in [-0.4, -0.2) is 27.9 Å². The van der Waals surface area contributed by atoms with Gasteiger partial charge >= 0.3 is 0 Å². The van der Waals surface area contributed by atoms with Crippen molar-refractivity contribution in [2.45, 2.75) is 0 Å². The van der Waals surface area contributed by atoms with E-state index in [1.54, 1.807) is 61.0 Å². The third kappa shape index (κ3) is 2.21. The average Bonchev–Trinajstić information content (AvgIpc) is 2.54. The lowest BCUT2D eigenvalue weighted by Gasteiger charge is -2.16. The Morgan fingerprint density at radius 1 is 1.00 bits per heavy atom. The van der Waals surface area contributed by atoms with Gasteiger partial charge in [-0.25, -0.2) is 4.98 Å². The van der Waals surface area contributed by atoms with Crippen LogP contribution < -0.4 is 4.90 Å². The zero-order chi connectivity index (χ0) is 13.9. The summed E-state index contributed by atoms with van der Waals surface area (Å²) in [5.41, 5.74) is 1.94. The number of pyridine rings is 3. The summed E-state index contributed by atoms with van der Waals surface area (Å²) in [6.45, 7) is 0. The number of amides is 1. The molecular formula is C15H12N4O. The van der Waals surface area contributed by atoms with Gasteiger partial charge in [0.05, 0.1) is 5.52 Å². The molecule has 0 unspecified atom stereocenters. The highest BCUT2D eigenvalue weighted by atomic mass is 16.2. The first-order valence-electron chi connectivity index (χ1n) is 6.14. The molecule has 0 atom stereocenters. The third-order valence-electron chi connectivity index (χ3n) is 3.06. The van der Waals surface area contributed by atoms with Crippen molar-refractivity contribution in [1.82, 2.24) is 15.0 Å². The maximum absolute atomic E-state index is 12.4. The van der Waals surface area contributed by atoms with Crippen LogP contribution in [0.3, 0.4) is 0 Å². The van der Waals surface area contributed by atoms with Crippen LogP contribution >= 0.6 is 0 Å². The minimum atomic E-state index is -0.157. The van der Waals surface area contributed by atoms with Crippen molar-refractivity contribution in [3.63, 3.8) is 0 Å². The Balaban J connectivity index is 1.96. The maximum atomic E-state index is 12.4. The maximum Gasteiger partial charge on any atom is 0.276 e. The largest absolute Gasteiger partial charge is 0.310 e. The number of fused-ring (bicyclic) bond motifs is 1. The van der Waals surface area contributed by atoms with Crippen LogP contribution in [0.25, 0.3) is 10.9 Å². The van der Waals surface area contributed by atoms with Crippen LogP contribution in [0.5, 0.6) is 0 Å². The van der Waals surface area contributed by atoms with Crippen LogP contribution in [0.4, 0.5) is 5.69 Å². The van der Waals surface area contributed by atoms with E-state index in [9.17, 15) is 4.79 Å². The van der Waals surface area contributed by atoms with Gasteiger partial charge in [0.15, 0.2) is 0 Å². The number of anilines is 1. The van der Waals surface area contributed by atoms with Crippen LogP contribution in [-0.2, 0) is 0 Å². The lowest BCUT2D eigenvalue weighted by molar-refractivity contribution is 0.0988. The molecule has 0 spiro atoms. The van der Waals surface area contributed by atoms with E-state index in [1.807, 2.05) is 6.07 Å². The molecule has 0 aliphatic carbocycles. The minimum Gasteiger partial charge on any atom is -0.310 e. The van der Waals surface area contributed by atoms with Crippen LogP contribution in [0.15, 0.2) is 55.1 Å². The van der Waals surface area contributed by atoms with E-state index in [2.05, 4.69) is 15.0 Å². The molecule has 1 amide bonds. The Morgan fingerprint density at radius 2 is 1.75 bits per heavy atom. The van der Waals surface area contributed by atoms with Gasteiger partial charge < -0.3 is 4.90 Å². The van der Waals surface area contributed by atoms with Crippen molar-refractivity contribution in [2.75, 3.05) is 11.9 Å². The number of carbonyl (C=O) groups excluding carboxylic acids is 1. The lowest BCUT2D eigenvalue weighted by atomic mass is 10.2. The molecule has 3 aromatic heterocycles. The Labute approximate surface area is 115 Å². The molecule has 20 heavy (non-hydrogen) atoms. The molecule has 98 valence electrons. The van der Waals surface area contributed by atoms with E-state index in [-0.39, 0.29) is 5.91 Å². The number of nitrogens with zero attached hydrogens (tertiary/aromatic N) is 4. The molecule has 5 nitrogen and oxygen atoms in total. The Bertz CT molecular complexity index is 758. The number of aromatic nitrogens is 3. The SMILES string of the molecule is CN(C(=O)c1ccc2cnccc2n1)c1ccncc1. The lowest BCUT2D eigenvalue weighted by Crippen LogP contribution is -2.27.